The standard InChI is InChI=1S/C12H13NO2/c1-9-4-2-3-5-10(9)8-13-11(14)6-7-12(13)15/h2-7,14-15H,8H2,1H3. The van der Waals surface area contributed by atoms with E-state index in [1.807, 2.05) is 31.2 Å². The van der Waals surface area contributed by atoms with E-state index in [9.17, 15) is 10.2 Å². The minimum absolute atomic E-state index is 0.0794. The molecule has 0 fully saturated rings. The smallest absolute Gasteiger partial charge is 0.194 e. The predicted octanol–water partition coefficient (Wildman–Crippen LogP) is 2.26. The van der Waals surface area contributed by atoms with Crippen LogP contribution in [-0.4, -0.2) is 14.8 Å². The number of aryl methyl sites for hydroxylation is 1. The highest BCUT2D eigenvalue weighted by atomic mass is 16.3. The van der Waals surface area contributed by atoms with E-state index in [4.69, 9.17) is 0 Å². The third-order valence-corrected chi connectivity index (χ3v) is 2.52. The topological polar surface area (TPSA) is 45.4 Å². The molecular weight excluding hydrogens is 190 g/mol. The molecule has 78 valence electrons. The molecule has 0 saturated heterocycles. The first-order chi connectivity index (χ1) is 7.18. The Kier molecular flexibility index (Phi) is 2.37. The highest BCUT2D eigenvalue weighted by Gasteiger charge is 2.07. The Hall–Kier alpha value is -1.90. The lowest BCUT2D eigenvalue weighted by Gasteiger charge is -2.09. The Labute approximate surface area is 88.2 Å². The van der Waals surface area contributed by atoms with Gasteiger partial charge in [0.2, 0.25) is 0 Å². The molecule has 0 unspecified atom stereocenters. The third-order valence-electron chi connectivity index (χ3n) is 2.52. The fourth-order valence-corrected chi connectivity index (χ4v) is 1.57. The van der Waals surface area contributed by atoms with E-state index >= 15 is 0 Å². The average Bonchev–Trinajstić information content (AvgIpc) is 2.53. The molecule has 0 aliphatic rings. The van der Waals surface area contributed by atoms with Gasteiger partial charge in [-0.3, -0.25) is 4.57 Å². The van der Waals surface area contributed by atoms with Crippen molar-refractivity contribution < 1.29 is 10.2 Å². The molecule has 0 bridgehead atoms. The van der Waals surface area contributed by atoms with Gasteiger partial charge >= 0.3 is 0 Å². The molecule has 3 nitrogen and oxygen atoms in total. The Morgan fingerprint density at radius 3 is 2.20 bits per heavy atom. The van der Waals surface area contributed by atoms with Crippen molar-refractivity contribution >= 4 is 0 Å². The minimum Gasteiger partial charge on any atom is -0.494 e. The van der Waals surface area contributed by atoms with Crippen LogP contribution in [0.25, 0.3) is 0 Å². The van der Waals surface area contributed by atoms with E-state index in [2.05, 4.69) is 0 Å². The average molecular weight is 203 g/mol. The number of nitrogens with zero attached hydrogens (tertiary/aromatic N) is 1. The molecule has 2 rings (SSSR count). The lowest BCUT2D eigenvalue weighted by Crippen LogP contribution is -1.99. The van der Waals surface area contributed by atoms with Crippen LogP contribution in [0.4, 0.5) is 0 Å². The zero-order valence-corrected chi connectivity index (χ0v) is 8.51. The van der Waals surface area contributed by atoms with Crippen molar-refractivity contribution in [1.82, 2.24) is 4.57 Å². The summed E-state index contributed by atoms with van der Waals surface area (Å²) in [7, 11) is 0. The summed E-state index contributed by atoms with van der Waals surface area (Å²) in [5.74, 6) is 0.159. The molecule has 2 aromatic rings. The molecule has 1 heterocycles. The molecule has 1 aromatic heterocycles. The summed E-state index contributed by atoms with van der Waals surface area (Å²) in [6.45, 7) is 2.49. The molecule has 0 aliphatic carbocycles. The quantitative estimate of drug-likeness (QED) is 0.786. The number of aromatic nitrogens is 1. The van der Waals surface area contributed by atoms with Gasteiger partial charge in [0.25, 0.3) is 0 Å². The molecule has 0 aliphatic heterocycles. The summed E-state index contributed by atoms with van der Waals surface area (Å²) in [4.78, 5) is 0. The minimum atomic E-state index is 0.0794. The Balaban J connectivity index is 2.34. The van der Waals surface area contributed by atoms with E-state index in [1.165, 1.54) is 16.7 Å². The maximum atomic E-state index is 9.49. The summed E-state index contributed by atoms with van der Waals surface area (Å²) < 4.78 is 1.46. The Morgan fingerprint density at radius 2 is 1.60 bits per heavy atom. The molecule has 3 heteroatoms. The van der Waals surface area contributed by atoms with Gasteiger partial charge < -0.3 is 10.2 Å². The van der Waals surface area contributed by atoms with E-state index in [0.29, 0.717) is 6.54 Å². The molecule has 0 amide bonds. The van der Waals surface area contributed by atoms with Crippen molar-refractivity contribution in [2.24, 2.45) is 0 Å². The molecule has 2 N–H and O–H groups in total. The molecule has 15 heavy (non-hydrogen) atoms. The van der Waals surface area contributed by atoms with Crippen molar-refractivity contribution in [3.63, 3.8) is 0 Å². The lowest BCUT2D eigenvalue weighted by molar-refractivity contribution is 0.377. The van der Waals surface area contributed by atoms with Crippen molar-refractivity contribution in [1.29, 1.82) is 0 Å². The van der Waals surface area contributed by atoms with Gasteiger partial charge in [0.05, 0.1) is 6.54 Å². The van der Waals surface area contributed by atoms with Crippen LogP contribution in [0.2, 0.25) is 0 Å². The van der Waals surface area contributed by atoms with Gasteiger partial charge in [0.1, 0.15) is 0 Å². The Morgan fingerprint density at radius 1 is 1.00 bits per heavy atom. The maximum Gasteiger partial charge on any atom is 0.194 e. The Bertz CT molecular complexity index is 455. The summed E-state index contributed by atoms with van der Waals surface area (Å²) in [5.41, 5.74) is 2.23. The van der Waals surface area contributed by atoms with Crippen molar-refractivity contribution in [2.75, 3.05) is 0 Å². The second-order valence-corrected chi connectivity index (χ2v) is 3.56. The van der Waals surface area contributed by atoms with Crippen LogP contribution in [-0.2, 0) is 6.54 Å². The first kappa shape index (κ1) is 9.65. The number of rotatable bonds is 2. The predicted molar refractivity (Wildman–Crippen MR) is 58.0 cm³/mol. The van der Waals surface area contributed by atoms with E-state index < -0.39 is 0 Å². The van der Waals surface area contributed by atoms with E-state index in [-0.39, 0.29) is 11.8 Å². The second-order valence-electron chi connectivity index (χ2n) is 3.56. The SMILES string of the molecule is Cc1ccccc1Cn1c(O)ccc1O. The van der Waals surface area contributed by atoms with Crippen LogP contribution >= 0.6 is 0 Å². The van der Waals surface area contributed by atoms with Crippen LogP contribution in [0.1, 0.15) is 11.1 Å². The van der Waals surface area contributed by atoms with Gasteiger partial charge in [-0.2, -0.15) is 0 Å². The summed E-state index contributed by atoms with van der Waals surface area (Å²) in [6, 6.07) is 10.9. The monoisotopic (exact) mass is 203 g/mol. The van der Waals surface area contributed by atoms with Gasteiger partial charge in [0, 0.05) is 12.1 Å². The van der Waals surface area contributed by atoms with Crippen molar-refractivity contribution in [2.45, 2.75) is 13.5 Å². The van der Waals surface area contributed by atoms with Crippen LogP contribution in [0.5, 0.6) is 11.8 Å². The summed E-state index contributed by atoms with van der Waals surface area (Å²) in [5, 5.41) is 19.0. The van der Waals surface area contributed by atoms with Crippen LogP contribution in [0.3, 0.4) is 0 Å². The largest absolute Gasteiger partial charge is 0.494 e. The summed E-state index contributed by atoms with van der Waals surface area (Å²) in [6.07, 6.45) is 0. The van der Waals surface area contributed by atoms with E-state index in [0.717, 1.165) is 11.1 Å². The maximum absolute atomic E-state index is 9.49. The van der Waals surface area contributed by atoms with Crippen molar-refractivity contribution in [3.8, 4) is 11.8 Å². The zero-order chi connectivity index (χ0) is 10.8. The highest BCUT2D eigenvalue weighted by Crippen LogP contribution is 2.23. The lowest BCUT2D eigenvalue weighted by atomic mass is 10.1. The third kappa shape index (κ3) is 1.81. The van der Waals surface area contributed by atoms with Gasteiger partial charge in [-0.05, 0) is 18.1 Å². The van der Waals surface area contributed by atoms with Gasteiger partial charge in [-0.25, -0.2) is 0 Å². The molecule has 0 spiro atoms. The van der Waals surface area contributed by atoms with Crippen molar-refractivity contribution in [3.05, 3.63) is 47.5 Å². The van der Waals surface area contributed by atoms with Crippen LogP contribution in [0.15, 0.2) is 36.4 Å². The first-order valence-corrected chi connectivity index (χ1v) is 4.80. The van der Waals surface area contributed by atoms with Gasteiger partial charge in [-0.1, -0.05) is 24.3 Å². The highest BCUT2D eigenvalue weighted by molar-refractivity contribution is 5.30. The number of aromatic hydroxyl groups is 2. The van der Waals surface area contributed by atoms with E-state index in [1.54, 1.807) is 0 Å². The molecular formula is C12H13NO2. The van der Waals surface area contributed by atoms with Crippen LogP contribution in [0, 0.1) is 6.92 Å². The van der Waals surface area contributed by atoms with Crippen LogP contribution < -0.4 is 0 Å². The summed E-state index contributed by atoms with van der Waals surface area (Å²) >= 11 is 0. The fourth-order valence-electron chi connectivity index (χ4n) is 1.57. The molecule has 0 saturated carbocycles. The number of hydrogen-bond acceptors (Lipinski definition) is 2. The zero-order valence-electron chi connectivity index (χ0n) is 8.51. The van der Waals surface area contributed by atoms with Gasteiger partial charge in [-0.15, -0.1) is 0 Å². The van der Waals surface area contributed by atoms with Gasteiger partial charge in [0.15, 0.2) is 11.8 Å². The molecule has 1 aromatic carbocycles. The molecule has 0 radical (unpaired) electrons. The first-order valence-electron chi connectivity index (χ1n) is 4.80. The fraction of sp³-hybridized carbons (Fsp3) is 0.167. The number of hydrogen-bond donors (Lipinski definition) is 2. The normalized spacial score (nSPS) is 10.5. The second kappa shape index (κ2) is 3.69. The molecule has 0 atom stereocenters. The number of benzene rings is 1.